The van der Waals surface area contributed by atoms with Crippen molar-refractivity contribution in [2.45, 2.75) is 32.4 Å². The van der Waals surface area contributed by atoms with Crippen molar-refractivity contribution in [2.24, 2.45) is 0 Å². The minimum atomic E-state index is -0.446. The van der Waals surface area contributed by atoms with Crippen LogP contribution in [0.15, 0.2) is 24.3 Å². The number of H-pyrrole nitrogens is 1. The van der Waals surface area contributed by atoms with E-state index in [-0.39, 0.29) is 5.91 Å². The van der Waals surface area contributed by atoms with E-state index in [4.69, 9.17) is 4.74 Å². The van der Waals surface area contributed by atoms with Gasteiger partial charge in [0.25, 0.3) is 0 Å². The van der Waals surface area contributed by atoms with E-state index < -0.39 is 5.60 Å². The zero-order chi connectivity index (χ0) is 13.9. The number of rotatable bonds is 5. The minimum Gasteiger partial charge on any atom is -0.378 e. The number of ether oxygens (including phenoxy) is 1. The summed E-state index contributed by atoms with van der Waals surface area (Å²) in [6.07, 6.45) is 0.323. The highest BCUT2D eigenvalue weighted by atomic mass is 16.5. The predicted molar refractivity (Wildman–Crippen MR) is 73.6 cm³/mol. The first-order valence-corrected chi connectivity index (χ1v) is 6.26. The van der Waals surface area contributed by atoms with E-state index in [1.54, 1.807) is 7.11 Å². The molecule has 0 fully saturated rings. The zero-order valence-corrected chi connectivity index (χ0v) is 11.5. The molecule has 19 heavy (non-hydrogen) atoms. The van der Waals surface area contributed by atoms with Crippen LogP contribution in [0.5, 0.6) is 0 Å². The number of hydrogen-bond donors (Lipinski definition) is 2. The maximum atomic E-state index is 11.8. The van der Waals surface area contributed by atoms with E-state index in [0.717, 1.165) is 16.9 Å². The normalized spacial score (nSPS) is 11.7. The van der Waals surface area contributed by atoms with Gasteiger partial charge < -0.3 is 15.0 Å². The Hall–Kier alpha value is -1.88. The van der Waals surface area contributed by atoms with Gasteiger partial charge in [0.1, 0.15) is 5.82 Å². The molecule has 0 aliphatic heterocycles. The van der Waals surface area contributed by atoms with Crippen molar-refractivity contribution in [1.82, 2.24) is 15.3 Å². The van der Waals surface area contributed by atoms with Crippen molar-refractivity contribution >= 4 is 16.9 Å². The molecule has 1 amide bonds. The van der Waals surface area contributed by atoms with Crippen LogP contribution in [-0.4, -0.2) is 28.6 Å². The minimum absolute atomic E-state index is 0.0488. The second-order valence-corrected chi connectivity index (χ2v) is 5.12. The average Bonchev–Trinajstić information content (AvgIpc) is 2.78. The van der Waals surface area contributed by atoms with Gasteiger partial charge in [0, 0.05) is 7.11 Å². The van der Waals surface area contributed by atoms with E-state index in [1.807, 2.05) is 38.1 Å². The molecule has 0 spiro atoms. The standard InChI is InChI=1S/C14H19N3O2/c1-14(2,19-3)8-13(18)15-9-12-16-10-6-4-5-7-11(10)17-12/h4-7H,8-9H2,1-3H3,(H,15,18)(H,16,17). The molecule has 0 aliphatic rings. The molecule has 1 aromatic carbocycles. The van der Waals surface area contributed by atoms with Crippen LogP contribution in [0.25, 0.3) is 11.0 Å². The topological polar surface area (TPSA) is 67.0 Å². The van der Waals surface area contributed by atoms with E-state index in [0.29, 0.717) is 13.0 Å². The Labute approximate surface area is 112 Å². The van der Waals surface area contributed by atoms with Gasteiger partial charge in [0.15, 0.2) is 0 Å². The maximum Gasteiger partial charge on any atom is 0.223 e. The molecule has 2 aromatic rings. The van der Waals surface area contributed by atoms with Crippen LogP contribution in [0.3, 0.4) is 0 Å². The Balaban J connectivity index is 1.93. The smallest absolute Gasteiger partial charge is 0.223 e. The fraction of sp³-hybridized carbons (Fsp3) is 0.429. The number of imidazole rings is 1. The Bertz CT molecular complexity index is 542. The highest BCUT2D eigenvalue weighted by molar-refractivity contribution is 5.77. The first-order chi connectivity index (χ1) is 9.00. The molecular formula is C14H19N3O2. The lowest BCUT2D eigenvalue weighted by atomic mass is 10.1. The number of para-hydroxylation sites is 2. The molecule has 1 heterocycles. The quantitative estimate of drug-likeness (QED) is 0.865. The van der Waals surface area contributed by atoms with Crippen LogP contribution >= 0.6 is 0 Å². The molecule has 1 aromatic heterocycles. The summed E-state index contributed by atoms with van der Waals surface area (Å²) < 4.78 is 5.22. The lowest BCUT2D eigenvalue weighted by molar-refractivity contribution is -0.126. The first-order valence-electron chi connectivity index (χ1n) is 6.26. The summed E-state index contributed by atoms with van der Waals surface area (Å²) in [5.74, 6) is 0.706. The van der Waals surface area contributed by atoms with Crippen molar-refractivity contribution in [3.8, 4) is 0 Å². The average molecular weight is 261 g/mol. The number of fused-ring (bicyclic) bond motifs is 1. The Kier molecular flexibility index (Phi) is 3.85. The second kappa shape index (κ2) is 5.40. The van der Waals surface area contributed by atoms with Crippen LogP contribution < -0.4 is 5.32 Å². The molecule has 2 rings (SSSR count). The molecule has 5 nitrogen and oxygen atoms in total. The Morgan fingerprint density at radius 1 is 1.42 bits per heavy atom. The Morgan fingerprint density at radius 3 is 2.84 bits per heavy atom. The molecular weight excluding hydrogens is 242 g/mol. The summed E-state index contributed by atoms with van der Waals surface area (Å²) >= 11 is 0. The van der Waals surface area contributed by atoms with Crippen LogP contribution in [-0.2, 0) is 16.1 Å². The fourth-order valence-electron chi connectivity index (χ4n) is 1.79. The monoisotopic (exact) mass is 261 g/mol. The molecule has 2 N–H and O–H groups in total. The predicted octanol–water partition coefficient (Wildman–Crippen LogP) is 1.99. The molecule has 0 atom stereocenters. The molecule has 0 saturated carbocycles. The number of aromatic nitrogens is 2. The van der Waals surface area contributed by atoms with Crippen LogP contribution in [0, 0.1) is 0 Å². The van der Waals surface area contributed by atoms with Gasteiger partial charge in [-0.3, -0.25) is 4.79 Å². The van der Waals surface area contributed by atoms with Gasteiger partial charge in [-0.2, -0.15) is 0 Å². The van der Waals surface area contributed by atoms with Gasteiger partial charge in [0.05, 0.1) is 29.6 Å². The maximum absolute atomic E-state index is 11.8. The number of hydrogen-bond acceptors (Lipinski definition) is 3. The number of amides is 1. The van der Waals surface area contributed by atoms with Crippen molar-refractivity contribution in [2.75, 3.05) is 7.11 Å². The van der Waals surface area contributed by atoms with Crippen molar-refractivity contribution < 1.29 is 9.53 Å². The Morgan fingerprint density at radius 2 is 2.16 bits per heavy atom. The van der Waals surface area contributed by atoms with E-state index >= 15 is 0 Å². The summed E-state index contributed by atoms with van der Waals surface area (Å²) in [6, 6.07) is 7.78. The molecule has 0 unspecified atom stereocenters. The van der Waals surface area contributed by atoms with E-state index in [1.165, 1.54) is 0 Å². The summed E-state index contributed by atoms with van der Waals surface area (Å²) in [7, 11) is 1.60. The van der Waals surface area contributed by atoms with Gasteiger partial charge in [-0.1, -0.05) is 12.1 Å². The van der Waals surface area contributed by atoms with Crippen molar-refractivity contribution in [3.05, 3.63) is 30.1 Å². The number of nitrogens with one attached hydrogen (secondary N) is 2. The summed E-state index contributed by atoms with van der Waals surface area (Å²) in [5.41, 5.74) is 1.44. The number of carbonyl (C=O) groups is 1. The van der Waals surface area contributed by atoms with Gasteiger partial charge in [-0.05, 0) is 26.0 Å². The van der Waals surface area contributed by atoms with Gasteiger partial charge in [0.2, 0.25) is 5.91 Å². The lowest BCUT2D eigenvalue weighted by Crippen LogP contribution is -2.33. The van der Waals surface area contributed by atoms with Crippen LogP contribution in [0.1, 0.15) is 26.1 Å². The van der Waals surface area contributed by atoms with Gasteiger partial charge in [-0.15, -0.1) is 0 Å². The SMILES string of the molecule is COC(C)(C)CC(=O)NCc1nc2ccccc2[nH]1. The van der Waals surface area contributed by atoms with Crippen molar-refractivity contribution in [1.29, 1.82) is 0 Å². The molecule has 0 saturated heterocycles. The largest absolute Gasteiger partial charge is 0.378 e. The van der Waals surface area contributed by atoms with Crippen LogP contribution in [0.4, 0.5) is 0 Å². The molecule has 0 aliphatic carbocycles. The molecule has 5 heteroatoms. The highest BCUT2D eigenvalue weighted by Gasteiger charge is 2.20. The third kappa shape index (κ3) is 3.54. The summed E-state index contributed by atoms with van der Waals surface area (Å²) in [5, 5.41) is 2.84. The highest BCUT2D eigenvalue weighted by Crippen LogP contribution is 2.13. The van der Waals surface area contributed by atoms with E-state index in [9.17, 15) is 4.79 Å². The molecule has 0 bridgehead atoms. The number of nitrogens with zero attached hydrogens (tertiary/aromatic N) is 1. The van der Waals surface area contributed by atoms with Crippen molar-refractivity contribution in [3.63, 3.8) is 0 Å². The van der Waals surface area contributed by atoms with Crippen LogP contribution in [0.2, 0.25) is 0 Å². The number of benzene rings is 1. The van der Waals surface area contributed by atoms with E-state index in [2.05, 4.69) is 15.3 Å². The van der Waals surface area contributed by atoms with Gasteiger partial charge in [-0.25, -0.2) is 4.98 Å². The summed E-state index contributed by atoms with van der Waals surface area (Å²) in [4.78, 5) is 19.3. The number of carbonyl (C=O) groups excluding carboxylic acids is 1. The summed E-state index contributed by atoms with van der Waals surface area (Å²) in [6.45, 7) is 4.16. The second-order valence-electron chi connectivity index (χ2n) is 5.12. The number of methoxy groups -OCH3 is 1. The molecule has 102 valence electrons. The zero-order valence-electron chi connectivity index (χ0n) is 11.5. The fourth-order valence-corrected chi connectivity index (χ4v) is 1.79. The molecule has 0 radical (unpaired) electrons. The first kappa shape index (κ1) is 13.5. The third-order valence-electron chi connectivity index (χ3n) is 3.03. The van der Waals surface area contributed by atoms with Gasteiger partial charge >= 0.3 is 0 Å². The third-order valence-corrected chi connectivity index (χ3v) is 3.03. The number of aromatic amines is 1. The lowest BCUT2D eigenvalue weighted by Gasteiger charge is -2.21.